The number of hydrogen-bond acceptors (Lipinski definition) is 2. The smallest absolute Gasteiger partial charge is 0.132 e. The van der Waals surface area contributed by atoms with Gasteiger partial charge in [0, 0.05) is 24.4 Å². The van der Waals surface area contributed by atoms with Crippen LogP contribution in [0.25, 0.3) is 11.1 Å². The van der Waals surface area contributed by atoms with E-state index in [1.165, 1.54) is 6.07 Å². The first-order valence-corrected chi connectivity index (χ1v) is 4.39. The van der Waals surface area contributed by atoms with Crippen molar-refractivity contribution in [3.8, 4) is 17.2 Å². The number of rotatable bonds is 1. The van der Waals surface area contributed by atoms with E-state index < -0.39 is 5.82 Å². The molecule has 0 amide bonds. The van der Waals surface area contributed by atoms with E-state index in [9.17, 15) is 4.39 Å². The lowest BCUT2D eigenvalue weighted by Crippen LogP contribution is -1.86. The lowest BCUT2D eigenvalue weighted by atomic mass is 10.1. The third-order valence-corrected chi connectivity index (χ3v) is 2.11. The maximum atomic E-state index is 13.5. The Morgan fingerprint density at radius 2 is 2.27 bits per heavy atom. The number of benzene rings is 1. The minimum absolute atomic E-state index is 0.320. The fourth-order valence-corrected chi connectivity index (χ4v) is 1.38. The molecule has 0 radical (unpaired) electrons. The minimum Gasteiger partial charge on any atom is -0.275 e. The molecule has 3 nitrogen and oxygen atoms in total. The van der Waals surface area contributed by atoms with Crippen molar-refractivity contribution in [1.82, 2.24) is 9.78 Å². The summed E-state index contributed by atoms with van der Waals surface area (Å²) in [5.74, 6) is -0.401. The molecule has 0 aliphatic heterocycles. The van der Waals surface area contributed by atoms with Crippen molar-refractivity contribution in [3.63, 3.8) is 0 Å². The van der Waals surface area contributed by atoms with E-state index >= 15 is 0 Å². The zero-order valence-electron chi connectivity index (χ0n) is 8.11. The highest BCUT2D eigenvalue weighted by Crippen LogP contribution is 2.22. The summed E-state index contributed by atoms with van der Waals surface area (Å²) < 4.78 is 15.1. The van der Waals surface area contributed by atoms with Gasteiger partial charge in [-0.25, -0.2) is 4.39 Å². The third kappa shape index (κ3) is 1.72. The summed E-state index contributed by atoms with van der Waals surface area (Å²) in [7, 11) is 1.77. The first kappa shape index (κ1) is 9.41. The molecule has 0 fully saturated rings. The van der Waals surface area contributed by atoms with Gasteiger partial charge in [-0.05, 0) is 12.1 Å². The van der Waals surface area contributed by atoms with Gasteiger partial charge in [0.05, 0.1) is 17.8 Å². The van der Waals surface area contributed by atoms with E-state index in [4.69, 9.17) is 5.26 Å². The molecule has 0 bridgehead atoms. The van der Waals surface area contributed by atoms with Gasteiger partial charge in [0.15, 0.2) is 0 Å². The average molecular weight is 201 g/mol. The summed E-state index contributed by atoms with van der Waals surface area (Å²) in [4.78, 5) is 0. The number of nitriles is 1. The van der Waals surface area contributed by atoms with E-state index in [-0.39, 0.29) is 0 Å². The third-order valence-electron chi connectivity index (χ3n) is 2.11. The second kappa shape index (κ2) is 3.54. The highest BCUT2D eigenvalue weighted by Gasteiger charge is 2.07. The van der Waals surface area contributed by atoms with Crippen molar-refractivity contribution in [3.05, 3.63) is 42.0 Å². The van der Waals surface area contributed by atoms with Crippen LogP contribution >= 0.6 is 0 Å². The Balaban J connectivity index is 2.51. The standard InChI is InChI=1S/C11H8FN3/c1-15-7-9(6-14-15)10-3-2-8(5-13)4-11(10)12/h2-4,6-7H,1H3. The fraction of sp³-hybridized carbons (Fsp3) is 0.0909. The van der Waals surface area contributed by atoms with Crippen molar-refractivity contribution < 1.29 is 4.39 Å². The maximum absolute atomic E-state index is 13.5. The predicted molar refractivity (Wildman–Crippen MR) is 53.3 cm³/mol. The fourth-order valence-electron chi connectivity index (χ4n) is 1.38. The second-order valence-corrected chi connectivity index (χ2v) is 3.21. The molecule has 0 unspecified atom stereocenters. The Morgan fingerprint density at radius 3 is 2.80 bits per heavy atom. The SMILES string of the molecule is Cn1cc(-c2ccc(C#N)cc2F)cn1. The van der Waals surface area contributed by atoms with Gasteiger partial charge >= 0.3 is 0 Å². The van der Waals surface area contributed by atoms with Crippen molar-refractivity contribution in [1.29, 1.82) is 5.26 Å². The van der Waals surface area contributed by atoms with Crippen LogP contribution in [-0.4, -0.2) is 9.78 Å². The van der Waals surface area contributed by atoms with Crippen molar-refractivity contribution in [2.45, 2.75) is 0 Å². The van der Waals surface area contributed by atoms with Crippen LogP contribution in [0.1, 0.15) is 5.56 Å². The zero-order chi connectivity index (χ0) is 10.8. The number of aromatic nitrogens is 2. The Kier molecular flexibility index (Phi) is 2.22. The summed E-state index contributed by atoms with van der Waals surface area (Å²) in [6, 6.07) is 6.29. The first-order valence-electron chi connectivity index (χ1n) is 4.39. The minimum atomic E-state index is -0.401. The van der Waals surface area contributed by atoms with Crippen LogP contribution in [0.3, 0.4) is 0 Å². The van der Waals surface area contributed by atoms with Crippen molar-refractivity contribution >= 4 is 0 Å². The zero-order valence-corrected chi connectivity index (χ0v) is 8.11. The van der Waals surface area contributed by atoms with E-state index in [0.29, 0.717) is 16.7 Å². The van der Waals surface area contributed by atoms with Gasteiger partial charge in [-0.1, -0.05) is 6.07 Å². The summed E-state index contributed by atoms with van der Waals surface area (Å²) in [5, 5.41) is 12.6. The lowest BCUT2D eigenvalue weighted by Gasteiger charge is -1.99. The van der Waals surface area contributed by atoms with Gasteiger partial charge < -0.3 is 0 Å². The number of hydrogen-bond donors (Lipinski definition) is 0. The molecule has 2 rings (SSSR count). The Hall–Kier alpha value is -2.15. The number of halogens is 1. The molecule has 4 heteroatoms. The van der Waals surface area contributed by atoms with Crippen LogP contribution < -0.4 is 0 Å². The van der Waals surface area contributed by atoms with Crippen LogP contribution in [0.4, 0.5) is 4.39 Å². The van der Waals surface area contributed by atoms with Gasteiger partial charge in [0.1, 0.15) is 5.82 Å². The summed E-state index contributed by atoms with van der Waals surface area (Å²) >= 11 is 0. The first-order chi connectivity index (χ1) is 7.20. The van der Waals surface area contributed by atoms with Gasteiger partial charge in [0.2, 0.25) is 0 Å². The number of aryl methyl sites for hydroxylation is 1. The highest BCUT2D eigenvalue weighted by molar-refractivity contribution is 5.63. The highest BCUT2D eigenvalue weighted by atomic mass is 19.1. The molecule has 0 saturated carbocycles. The monoisotopic (exact) mass is 201 g/mol. The molecule has 0 atom stereocenters. The molecular formula is C11H8FN3. The Bertz CT molecular complexity index is 537. The molecule has 1 aromatic heterocycles. The summed E-state index contributed by atoms with van der Waals surface area (Å²) in [6.45, 7) is 0. The maximum Gasteiger partial charge on any atom is 0.132 e. The molecule has 0 aliphatic carbocycles. The topological polar surface area (TPSA) is 41.6 Å². The van der Waals surface area contributed by atoms with Crippen molar-refractivity contribution in [2.75, 3.05) is 0 Å². The van der Waals surface area contributed by atoms with Crippen LogP contribution in [0.5, 0.6) is 0 Å². The van der Waals surface area contributed by atoms with Gasteiger partial charge in [-0.15, -0.1) is 0 Å². The van der Waals surface area contributed by atoms with Gasteiger partial charge in [-0.3, -0.25) is 4.68 Å². The normalized spacial score (nSPS) is 9.93. The second-order valence-electron chi connectivity index (χ2n) is 3.21. The van der Waals surface area contributed by atoms with Gasteiger partial charge in [0.25, 0.3) is 0 Å². The Labute approximate surface area is 86.4 Å². The van der Waals surface area contributed by atoms with Gasteiger partial charge in [-0.2, -0.15) is 10.4 Å². The van der Waals surface area contributed by atoms with Crippen LogP contribution in [0, 0.1) is 17.1 Å². The molecule has 1 heterocycles. The molecule has 0 aliphatic rings. The van der Waals surface area contributed by atoms with Crippen LogP contribution in [-0.2, 0) is 7.05 Å². The predicted octanol–water partition coefficient (Wildman–Crippen LogP) is 2.10. The lowest BCUT2D eigenvalue weighted by molar-refractivity contribution is 0.631. The molecule has 15 heavy (non-hydrogen) atoms. The molecule has 2 aromatic rings. The molecule has 0 saturated heterocycles. The van der Waals surface area contributed by atoms with E-state index in [0.717, 1.165) is 0 Å². The van der Waals surface area contributed by atoms with Crippen LogP contribution in [0.2, 0.25) is 0 Å². The summed E-state index contributed by atoms with van der Waals surface area (Å²) in [5.41, 5.74) is 1.49. The Morgan fingerprint density at radius 1 is 1.47 bits per heavy atom. The quantitative estimate of drug-likeness (QED) is 0.709. The molecule has 0 spiro atoms. The molecular weight excluding hydrogens is 193 g/mol. The number of nitrogens with zero attached hydrogens (tertiary/aromatic N) is 3. The molecule has 0 N–H and O–H groups in total. The largest absolute Gasteiger partial charge is 0.275 e. The summed E-state index contributed by atoms with van der Waals surface area (Å²) in [6.07, 6.45) is 3.31. The van der Waals surface area contributed by atoms with E-state index in [1.54, 1.807) is 36.3 Å². The van der Waals surface area contributed by atoms with Crippen molar-refractivity contribution in [2.24, 2.45) is 7.05 Å². The van der Waals surface area contributed by atoms with E-state index in [2.05, 4.69) is 5.10 Å². The molecule has 1 aromatic carbocycles. The molecule has 74 valence electrons. The van der Waals surface area contributed by atoms with Crippen LogP contribution in [0.15, 0.2) is 30.6 Å². The average Bonchev–Trinajstić information content (AvgIpc) is 2.64. The van der Waals surface area contributed by atoms with E-state index in [1.807, 2.05) is 6.07 Å².